The molecule has 0 bridgehead atoms. The molecule has 5 aromatic rings. The normalized spacial score (nSPS) is 23.1. The molecule has 0 radical (unpaired) electrons. The van der Waals surface area contributed by atoms with Gasteiger partial charge in [-0.3, -0.25) is 34.0 Å². The number of hydrogen-bond acceptors (Lipinski definition) is 9. The molecule has 6 N–H and O–H groups in total. The number of aryl methyl sites for hydroxylation is 3. The standard InChI is InChI=1S/C51H51Cl2FN8O6/c52-32-15-18-37-39(25-32)58-49(68)51(37)42(35-9-5-10-38(53)43(35)54)44(60-50(51)21-2-1-3-22-50)47(66)57-33-16-13-31(14-17-33)45(64)55-23-6-24-61-27-29(26-56-61)11-12-30-7-4-8-34-36(30)28-62(48(34)67)40-19-20-41(63)59-46(40)65/h4-5,7-10,13-18,25-27,40,42,44,47,57,60,66H,1-3,6,11-12,19-24,28H2,(H,55,64)(H,58,68)(H,59,63,65)/t40?,42-,44+,47?,51+/m0/s1. The second kappa shape index (κ2) is 18.4. The van der Waals surface area contributed by atoms with E-state index in [2.05, 4.69) is 31.7 Å². The van der Waals surface area contributed by atoms with Crippen LogP contribution in [-0.2, 0) is 45.7 Å². The van der Waals surface area contributed by atoms with Crippen molar-refractivity contribution in [1.29, 1.82) is 0 Å². The highest BCUT2D eigenvalue weighted by molar-refractivity contribution is 6.31. The minimum atomic E-state index is -1.30. The monoisotopic (exact) mass is 960 g/mol. The van der Waals surface area contributed by atoms with Crippen molar-refractivity contribution in [3.05, 3.63) is 146 Å². The van der Waals surface area contributed by atoms with Crippen LogP contribution in [0, 0.1) is 5.82 Å². The molecule has 68 heavy (non-hydrogen) atoms. The summed E-state index contributed by atoms with van der Waals surface area (Å²) in [7, 11) is 0. The Labute approximate surface area is 402 Å². The predicted octanol–water partition coefficient (Wildman–Crippen LogP) is 6.77. The average molecular weight is 962 g/mol. The summed E-state index contributed by atoms with van der Waals surface area (Å²) in [5, 5.41) is 32.3. The topological polar surface area (TPSA) is 187 Å². The third kappa shape index (κ3) is 8.02. The molecule has 352 valence electrons. The van der Waals surface area contributed by atoms with Crippen LogP contribution in [0.4, 0.5) is 15.8 Å². The van der Waals surface area contributed by atoms with Crippen molar-refractivity contribution in [1.82, 2.24) is 30.6 Å². The van der Waals surface area contributed by atoms with Gasteiger partial charge in [0, 0.05) is 71.2 Å². The lowest BCUT2D eigenvalue weighted by molar-refractivity contribution is -0.137. The van der Waals surface area contributed by atoms with E-state index in [1.807, 2.05) is 35.3 Å². The molecule has 10 rings (SSSR count). The average Bonchev–Trinajstić information content (AvgIpc) is 4.08. The van der Waals surface area contributed by atoms with E-state index in [0.717, 1.165) is 36.0 Å². The smallest absolute Gasteiger partial charge is 0.255 e. The van der Waals surface area contributed by atoms with Crippen molar-refractivity contribution < 1.29 is 33.5 Å². The number of nitrogens with zero attached hydrogens (tertiary/aromatic N) is 3. The van der Waals surface area contributed by atoms with E-state index in [1.165, 1.54) is 6.07 Å². The Kier molecular flexibility index (Phi) is 12.4. The molecule has 1 aromatic heterocycles. The number of aromatic nitrogens is 2. The molecule has 4 aromatic carbocycles. The van der Waals surface area contributed by atoms with Gasteiger partial charge in [0.2, 0.25) is 17.7 Å². The van der Waals surface area contributed by atoms with Gasteiger partial charge in [-0.1, -0.05) is 72.8 Å². The van der Waals surface area contributed by atoms with Crippen molar-refractivity contribution in [3.63, 3.8) is 0 Å². The lowest BCUT2D eigenvalue weighted by Crippen LogP contribution is -2.60. The molecule has 5 aliphatic rings. The molecule has 14 nitrogen and oxygen atoms in total. The Morgan fingerprint density at radius 2 is 1.75 bits per heavy atom. The van der Waals surface area contributed by atoms with Crippen LogP contribution >= 0.6 is 23.2 Å². The number of anilines is 2. The fourth-order valence-corrected chi connectivity index (χ4v) is 12.0. The summed E-state index contributed by atoms with van der Waals surface area (Å²) in [4.78, 5) is 66.9. The number of piperidine rings is 1. The van der Waals surface area contributed by atoms with Crippen molar-refractivity contribution in [2.24, 2.45) is 0 Å². The number of nitrogens with one attached hydrogen (secondary N) is 5. The van der Waals surface area contributed by atoms with Crippen LogP contribution in [-0.4, -0.2) is 79.7 Å². The van der Waals surface area contributed by atoms with Crippen molar-refractivity contribution in [2.45, 2.75) is 112 Å². The third-order valence-corrected chi connectivity index (χ3v) is 15.3. The minimum absolute atomic E-state index is 0.0780. The molecule has 5 amide bonds. The summed E-state index contributed by atoms with van der Waals surface area (Å²) in [5.74, 6) is -3.00. The second-order valence-corrected chi connectivity index (χ2v) is 19.5. The molecule has 1 saturated carbocycles. The zero-order valence-corrected chi connectivity index (χ0v) is 38.6. The summed E-state index contributed by atoms with van der Waals surface area (Å²) in [6.07, 6.45) is 8.98. The van der Waals surface area contributed by atoms with E-state index >= 15 is 4.39 Å². The number of carbonyl (C=O) groups excluding carboxylic acids is 5. The quantitative estimate of drug-likeness (QED) is 0.0421. The number of aliphatic hydroxyl groups excluding tert-OH is 1. The highest BCUT2D eigenvalue weighted by Gasteiger charge is 2.72. The second-order valence-electron chi connectivity index (χ2n) is 18.6. The van der Waals surface area contributed by atoms with Crippen LogP contribution < -0.4 is 26.6 Å². The molecular weight excluding hydrogens is 911 g/mol. The maximum absolute atomic E-state index is 16.3. The molecule has 5 heterocycles. The van der Waals surface area contributed by atoms with Gasteiger partial charge in [0.05, 0.1) is 17.3 Å². The Bertz CT molecular complexity index is 2830. The van der Waals surface area contributed by atoms with Crippen LogP contribution in [0.15, 0.2) is 91.3 Å². The lowest BCUT2D eigenvalue weighted by atomic mass is 9.55. The molecule has 17 heteroatoms. The zero-order chi connectivity index (χ0) is 47.3. The number of rotatable bonds is 13. The van der Waals surface area contributed by atoms with Crippen molar-refractivity contribution in [2.75, 3.05) is 17.2 Å². The number of fused-ring (bicyclic) bond motifs is 4. The molecular formula is C51H51Cl2FN8O6. The molecule has 2 unspecified atom stereocenters. The first-order valence-corrected chi connectivity index (χ1v) is 24.1. The number of hydrogen-bond donors (Lipinski definition) is 6. The fourth-order valence-electron chi connectivity index (χ4n) is 11.7. The maximum Gasteiger partial charge on any atom is 0.255 e. The molecule has 3 fully saturated rings. The molecule has 2 saturated heterocycles. The molecule has 1 aliphatic carbocycles. The molecule has 5 atom stereocenters. The third-order valence-electron chi connectivity index (χ3n) is 14.8. The van der Waals surface area contributed by atoms with E-state index in [9.17, 15) is 29.1 Å². The Balaban J connectivity index is 0.757. The first-order chi connectivity index (χ1) is 32.9. The summed E-state index contributed by atoms with van der Waals surface area (Å²) < 4.78 is 18.1. The van der Waals surface area contributed by atoms with Crippen LogP contribution in [0.3, 0.4) is 0 Å². The SMILES string of the molecule is O=C1CCC(N2Cc3c(CCc4cnn(CCCNC(=O)c5ccc(NC(O)[C@@H]6NC7(CCCCC7)[C@@]7(C(=O)Nc8cc(Cl)ccc87)[C@H]6c6cccc(Cl)c6F)cc5)c4)cccc3C2=O)C(=O)N1. The highest BCUT2D eigenvalue weighted by atomic mass is 35.5. The van der Waals surface area contributed by atoms with E-state index in [0.29, 0.717) is 91.2 Å². The number of aliphatic hydroxyl groups is 1. The predicted molar refractivity (Wildman–Crippen MR) is 254 cm³/mol. The molecule has 2 spiro atoms. The van der Waals surface area contributed by atoms with Gasteiger partial charge >= 0.3 is 0 Å². The number of halogens is 3. The number of imide groups is 1. The summed E-state index contributed by atoms with van der Waals surface area (Å²) in [6, 6.07) is 21.0. The van der Waals surface area contributed by atoms with Crippen LogP contribution in [0.1, 0.15) is 106 Å². The fraction of sp³-hybridized carbons (Fsp3) is 0.373. The van der Waals surface area contributed by atoms with E-state index < -0.39 is 46.9 Å². The Hall–Kier alpha value is -6.13. The minimum Gasteiger partial charge on any atom is -0.372 e. The van der Waals surface area contributed by atoms with Gasteiger partial charge < -0.3 is 31.3 Å². The number of carbonyl (C=O) groups is 5. The molecule has 4 aliphatic heterocycles. The summed E-state index contributed by atoms with van der Waals surface area (Å²) >= 11 is 12.8. The van der Waals surface area contributed by atoms with E-state index in [-0.39, 0.29) is 40.6 Å². The Morgan fingerprint density at radius 3 is 2.54 bits per heavy atom. The number of amides is 5. The van der Waals surface area contributed by atoms with Gasteiger partial charge in [-0.05, 0) is 115 Å². The van der Waals surface area contributed by atoms with Crippen molar-refractivity contribution >= 4 is 64.1 Å². The van der Waals surface area contributed by atoms with E-state index in [1.54, 1.807) is 59.5 Å². The van der Waals surface area contributed by atoms with Gasteiger partial charge in [0.25, 0.3) is 11.8 Å². The van der Waals surface area contributed by atoms with Gasteiger partial charge in [-0.15, -0.1) is 0 Å². The van der Waals surface area contributed by atoms with Gasteiger partial charge in [-0.2, -0.15) is 5.10 Å². The largest absolute Gasteiger partial charge is 0.372 e. The number of benzene rings is 4. The highest BCUT2D eigenvalue weighted by Crippen LogP contribution is 2.63. The first-order valence-electron chi connectivity index (χ1n) is 23.3. The van der Waals surface area contributed by atoms with Gasteiger partial charge in [0.1, 0.15) is 23.5 Å². The lowest BCUT2D eigenvalue weighted by Gasteiger charge is -2.47. The van der Waals surface area contributed by atoms with Gasteiger partial charge in [-0.25, -0.2) is 4.39 Å². The summed E-state index contributed by atoms with van der Waals surface area (Å²) in [6.45, 7) is 1.31. The summed E-state index contributed by atoms with van der Waals surface area (Å²) in [5.41, 5.74) is 3.90. The van der Waals surface area contributed by atoms with E-state index in [4.69, 9.17) is 23.2 Å². The van der Waals surface area contributed by atoms with Crippen LogP contribution in [0.5, 0.6) is 0 Å². The van der Waals surface area contributed by atoms with Crippen molar-refractivity contribution in [3.8, 4) is 0 Å². The maximum atomic E-state index is 16.3. The zero-order valence-electron chi connectivity index (χ0n) is 37.1. The van der Waals surface area contributed by atoms with Crippen LogP contribution in [0.25, 0.3) is 0 Å². The van der Waals surface area contributed by atoms with Crippen LogP contribution in [0.2, 0.25) is 10.0 Å². The Morgan fingerprint density at radius 1 is 0.956 bits per heavy atom. The van der Waals surface area contributed by atoms with Gasteiger partial charge in [0.15, 0.2) is 0 Å². The first kappa shape index (κ1) is 45.6.